The zero-order valence-corrected chi connectivity index (χ0v) is 13.2. The molecular weight excluding hydrogens is 324 g/mol. The van der Waals surface area contributed by atoms with E-state index in [1.807, 2.05) is 30.3 Å². The number of alkyl halides is 1. The summed E-state index contributed by atoms with van der Waals surface area (Å²) >= 11 is 9.64. The maximum Gasteiger partial charge on any atom is 0.150 e. The summed E-state index contributed by atoms with van der Waals surface area (Å²) < 4.78 is 5.90. The highest BCUT2D eigenvalue weighted by molar-refractivity contribution is 9.08. The van der Waals surface area contributed by atoms with E-state index in [1.165, 1.54) is 5.56 Å². The van der Waals surface area contributed by atoms with Gasteiger partial charge < -0.3 is 4.74 Å². The minimum absolute atomic E-state index is 0.634. The molecular formula is C16H16BrClO. The van der Waals surface area contributed by atoms with Crippen molar-refractivity contribution in [3.63, 3.8) is 0 Å². The number of halogens is 2. The van der Waals surface area contributed by atoms with Crippen molar-refractivity contribution < 1.29 is 4.74 Å². The molecule has 0 spiro atoms. The lowest BCUT2D eigenvalue weighted by molar-refractivity contribution is 0.478. The van der Waals surface area contributed by atoms with Gasteiger partial charge in [0.05, 0.1) is 5.02 Å². The molecule has 0 aliphatic heterocycles. The van der Waals surface area contributed by atoms with Crippen LogP contribution in [-0.4, -0.2) is 0 Å². The first-order chi connectivity index (χ1) is 9.24. The van der Waals surface area contributed by atoms with E-state index in [0.717, 1.165) is 35.2 Å². The third-order valence-corrected chi connectivity index (χ3v) is 3.78. The topological polar surface area (TPSA) is 9.23 Å². The molecule has 0 N–H and O–H groups in total. The molecule has 0 radical (unpaired) electrons. The smallest absolute Gasteiger partial charge is 0.150 e. The fraction of sp³-hybridized carbons (Fsp3) is 0.250. The molecule has 0 amide bonds. The summed E-state index contributed by atoms with van der Waals surface area (Å²) in [6.45, 7) is 2.18. The summed E-state index contributed by atoms with van der Waals surface area (Å²) in [5.41, 5.74) is 2.37. The first-order valence-corrected chi connectivity index (χ1v) is 7.84. The van der Waals surface area contributed by atoms with E-state index in [1.54, 1.807) is 0 Å². The van der Waals surface area contributed by atoms with Crippen molar-refractivity contribution in [1.82, 2.24) is 0 Å². The van der Waals surface area contributed by atoms with Gasteiger partial charge in [0, 0.05) is 10.9 Å². The second kappa shape index (κ2) is 6.97. The zero-order chi connectivity index (χ0) is 13.7. The third kappa shape index (κ3) is 3.74. The minimum atomic E-state index is 0.634. The standard InChI is InChI=1S/C16H16BrClO/c1-2-4-12-7-9-14(10-8-12)19-16-13(11-17)5-3-6-15(16)18/h3,5-10H,2,4,11H2,1H3. The first-order valence-electron chi connectivity index (χ1n) is 6.34. The molecule has 0 heterocycles. The molecule has 3 heteroatoms. The predicted octanol–water partition coefficient (Wildman–Crippen LogP) is 5.98. The quantitative estimate of drug-likeness (QED) is 0.609. The lowest BCUT2D eigenvalue weighted by atomic mass is 10.1. The van der Waals surface area contributed by atoms with Crippen molar-refractivity contribution in [2.75, 3.05) is 0 Å². The lowest BCUT2D eigenvalue weighted by Crippen LogP contribution is -1.91. The number of hydrogen-bond acceptors (Lipinski definition) is 1. The summed E-state index contributed by atoms with van der Waals surface area (Å²) in [4.78, 5) is 0. The van der Waals surface area contributed by atoms with E-state index in [-0.39, 0.29) is 0 Å². The van der Waals surface area contributed by atoms with Gasteiger partial charge in [-0.1, -0.05) is 65.1 Å². The number of aryl methyl sites for hydroxylation is 1. The van der Waals surface area contributed by atoms with Gasteiger partial charge >= 0.3 is 0 Å². The average Bonchev–Trinajstić information content (AvgIpc) is 2.43. The molecule has 2 rings (SSSR count). The Kier molecular flexibility index (Phi) is 5.29. The number of benzene rings is 2. The van der Waals surface area contributed by atoms with Gasteiger partial charge in [-0.05, 0) is 30.2 Å². The van der Waals surface area contributed by atoms with E-state index in [2.05, 4.69) is 35.0 Å². The molecule has 0 atom stereocenters. The minimum Gasteiger partial charge on any atom is -0.455 e. The molecule has 0 bridgehead atoms. The van der Waals surface area contributed by atoms with Crippen LogP contribution < -0.4 is 4.74 Å². The van der Waals surface area contributed by atoms with Crippen LogP contribution in [0.5, 0.6) is 11.5 Å². The molecule has 1 nitrogen and oxygen atoms in total. The van der Waals surface area contributed by atoms with Crippen LogP contribution in [0.4, 0.5) is 0 Å². The van der Waals surface area contributed by atoms with E-state index >= 15 is 0 Å². The van der Waals surface area contributed by atoms with E-state index in [4.69, 9.17) is 16.3 Å². The summed E-state index contributed by atoms with van der Waals surface area (Å²) in [7, 11) is 0. The van der Waals surface area contributed by atoms with Crippen LogP contribution in [0, 0.1) is 0 Å². The van der Waals surface area contributed by atoms with Crippen molar-refractivity contribution in [1.29, 1.82) is 0 Å². The van der Waals surface area contributed by atoms with Gasteiger partial charge in [0.2, 0.25) is 0 Å². The van der Waals surface area contributed by atoms with Gasteiger partial charge in [-0.15, -0.1) is 0 Å². The Morgan fingerprint density at radius 2 is 1.84 bits per heavy atom. The van der Waals surface area contributed by atoms with E-state index in [9.17, 15) is 0 Å². The number of para-hydroxylation sites is 1. The third-order valence-electron chi connectivity index (χ3n) is 2.87. The molecule has 19 heavy (non-hydrogen) atoms. The van der Waals surface area contributed by atoms with Gasteiger partial charge in [-0.2, -0.15) is 0 Å². The first kappa shape index (κ1) is 14.4. The Hall–Kier alpha value is -0.990. The maximum absolute atomic E-state index is 6.19. The van der Waals surface area contributed by atoms with E-state index < -0.39 is 0 Å². The summed E-state index contributed by atoms with van der Waals surface area (Å²) in [6.07, 6.45) is 2.25. The van der Waals surface area contributed by atoms with Gasteiger partial charge in [0.1, 0.15) is 11.5 Å². The molecule has 0 aliphatic rings. The molecule has 0 unspecified atom stereocenters. The fourth-order valence-electron chi connectivity index (χ4n) is 1.90. The number of rotatable bonds is 5. The molecule has 0 fully saturated rings. The zero-order valence-electron chi connectivity index (χ0n) is 10.8. The fourth-order valence-corrected chi connectivity index (χ4v) is 2.58. The molecule has 2 aromatic carbocycles. The van der Waals surface area contributed by atoms with Crippen LogP contribution in [0.25, 0.3) is 0 Å². The molecule has 0 aliphatic carbocycles. The Morgan fingerprint density at radius 3 is 2.47 bits per heavy atom. The Bertz CT molecular complexity index is 537. The van der Waals surface area contributed by atoms with Gasteiger partial charge in [-0.3, -0.25) is 0 Å². The average molecular weight is 340 g/mol. The number of ether oxygens (including phenoxy) is 1. The largest absolute Gasteiger partial charge is 0.455 e. The summed E-state index contributed by atoms with van der Waals surface area (Å²) in [5, 5.41) is 1.35. The molecule has 0 saturated carbocycles. The van der Waals surface area contributed by atoms with Crippen molar-refractivity contribution >= 4 is 27.5 Å². The Labute approximate surface area is 127 Å². The predicted molar refractivity (Wildman–Crippen MR) is 84.6 cm³/mol. The molecule has 0 aromatic heterocycles. The second-order valence-electron chi connectivity index (χ2n) is 4.36. The highest BCUT2D eigenvalue weighted by Crippen LogP contribution is 2.34. The normalized spacial score (nSPS) is 10.5. The summed E-state index contributed by atoms with van der Waals surface area (Å²) in [5.74, 6) is 1.54. The SMILES string of the molecule is CCCc1ccc(Oc2c(Cl)cccc2CBr)cc1. The molecule has 0 saturated heterocycles. The van der Waals surface area contributed by atoms with Crippen LogP contribution in [0.1, 0.15) is 24.5 Å². The Balaban J connectivity index is 2.21. The van der Waals surface area contributed by atoms with Crippen molar-refractivity contribution in [2.24, 2.45) is 0 Å². The second-order valence-corrected chi connectivity index (χ2v) is 5.33. The maximum atomic E-state index is 6.19. The van der Waals surface area contributed by atoms with E-state index in [0.29, 0.717) is 5.02 Å². The van der Waals surface area contributed by atoms with Crippen LogP contribution in [0.2, 0.25) is 5.02 Å². The summed E-state index contributed by atoms with van der Waals surface area (Å²) in [6, 6.07) is 14.0. The lowest BCUT2D eigenvalue weighted by Gasteiger charge is -2.11. The van der Waals surface area contributed by atoms with Gasteiger partial charge in [-0.25, -0.2) is 0 Å². The van der Waals surface area contributed by atoms with Crippen LogP contribution in [-0.2, 0) is 11.8 Å². The van der Waals surface area contributed by atoms with Crippen molar-refractivity contribution in [2.45, 2.75) is 25.1 Å². The van der Waals surface area contributed by atoms with Crippen LogP contribution in [0.15, 0.2) is 42.5 Å². The monoisotopic (exact) mass is 338 g/mol. The number of hydrogen-bond donors (Lipinski definition) is 0. The van der Waals surface area contributed by atoms with Crippen LogP contribution >= 0.6 is 27.5 Å². The van der Waals surface area contributed by atoms with Crippen molar-refractivity contribution in [3.8, 4) is 11.5 Å². The molecule has 2 aromatic rings. The van der Waals surface area contributed by atoms with Crippen LogP contribution in [0.3, 0.4) is 0 Å². The highest BCUT2D eigenvalue weighted by atomic mass is 79.9. The Morgan fingerprint density at radius 1 is 1.11 bits per heavy atom. The van der Waals surface area contributed by atoms with Crippen molar-refractivity contribution in [3.05, 3.63) is 58.6 Å². The highest BCUT2D eigenvalue weighted by Gasteiger charge is 2.08. The van der Waals surface area contributed by atoms with Gasteiger partial charge in [0.15, 0.2) is 0 Å². The van der Waals surface area contributed by atoms with Gasteiger partial charge in [0.25, 0.3) is 0 Å². The molecule has 100 valence electrons.